The van der Waals surface area contributed by atoms with Crippen LogP contribution in [0.2, 0.25) is 0 Å². The average molecular weight is 188 g/mol. The Morgan fingerprint density at radius 1 is 1.46 bits per heavy atom. The fourth-order valence-corrected chi connectivity index (χ4v) is 0.872. The molecule has 0 saturated carbocycles. The molecule has 0 bridgehead atoms. The number of alkyl halides is 2. The molecule has 0 atom stereocenters. The first-order chi connectivity index (χ1) is 6.02. The van der Waals surface area contributed by atoms with Crippen molar-refractivity contribution in [3.63, 3.8) is 0 Å². The maximum Gasteiger partial charge on any atom is 0.266 e. The quantitative estimate of drug-likeness (QED) is 0.705. The molecule has 6 heteroatoms. The number of pyridine rings is 1. The lowest BCUT2D eigenvalue weighted by molar-refractivity contribution is 0.0979. The fourth-order valence-electron chi connectivity index (χ4n) is 0.872. The first-order valence-electron chi connectivity index (χ1n) is 3.33. The molecule has 0 aliphatic carbocycles. The lowest BCUT2D eigenvalue weighted by Gasteiger charge is -2.03. The number of aromatic nitrogens is 1. The molecule has 0 spiro atoms. The van der Waals surface area contributed by atoms with Gasteiger partial charge in [0, 0.05) is 11.6 Å². The number of hydrogen-bond donors (Lipinski definition) is 2. The Labute approximate surface area is 71.4 Å². The summed E-state index contributed by atoms with van der Waals surface area (Å²) in [5.41, 5.74) is 3.04. The fraction of sp³-hybridized carbons (Fsp3) is 0.143. The standard InChI is InChI=1S/C7H6F2N2O2/c8-6(9)3-1-2-4(12)11-5(3)7(10)13/h1-2,6H,(H2,10,13)(H,11,12). The SMILES string of the molecule is NC(=O)c1[nH]c(=O)ccc1C(F)F. The Balaban J connectivity index is 3.35. The van der Waals surface area contributed by atoms with Crippen molar-refractivity contribution >= 4 is 5.91 Å². The molecule has 0 aliphatic rings. The molecular formula is C7H6F2N2O2. The summed E-state index contributed by atoms with van der Waals surface area (Å²) < 4.78 is 24.4. The second-order valence-corrected chi connectivity index (χ2v) is 2.32. The minimum atomic E-state index is -2.83. The molecule has 13 heavy (non-hydrogen) atoms. The lowest BCUT2D eigenvalue weighted by atomic mass is 10.2. The first-order valence-corrected chi connectivity index (χ1v) is 3.33. The first kappa shape index (κ1) is 9.37. The van der Waals surface area contributed by atoms with Gasteiger partial charge in [-0.05, 0) is 6.07 Å². The molecule has 1 rings (SSSR count). The van der Waals surface area contributed by atoms with E-state index in [9.17, 15) is 18.4 Å². The van der Waals surface area contributed by atoms with Crippen molar-refractivity contribution in [2.24, 2.45) is 5.73 Å². The summed E-state index contributed by atoms with van der Waals surface area (Å²) in [6.07, 6.45) is -2.83. The summed E-state index contributed by atoms with van der Waals surface area (Å²) in [6.45, 7) is 0. The molecule has 0 aliphatic heterocycles. The number of primary amides is 1. The van der Waals surface area contributed by atoms with Gasteiger partial charge in [-0.3, -0.25) is 9.59 Å². The van der Waals surface area contributed by atoms with Crippen molar-refractivity contribution in [1.29, 1.82) is 0 Å². The Hall–Kier alpha value is -1.72. The van der Waals surface area contributed by atoms with E-state index in [2.05, 4.69) is 0 Å². The summed E-state index contributed by atoms with van der Waals surface area (Å²) in [5.74, 6) is -1.08. The van der Waals surface area contributed by atoms with Gasteiger partial charge in [-0.1, -0.05) is 0 Å². The number of halogens is 2. The zero-order chi connectivity index (χ0) is 10.0. The monoisotopic (exact) mass is 188 g/mol. The number of rotatable bonds is 2. The lowest BCUT2D eigenvalue weighted by Crippen LogP contribution is -2.20. The summed E-state index contributed by atoms with van der Waals surface area (Å²) in [7, 11) is 0. The number of carbonyl (C=O) groups excluding carboxylic acids is 1. The third-order valence-corrected chi connectivity index (χ3v) is 1.43. The highest BCUT2D eigenvalue weighted by atomic mass is 19.3. The number of nitrogens with one attached hydrogen (secondary N) is 1. The van der Waals surface area contributed by atoms with Crippen molar-refractivity contribution in [3.8, 4) is 0 Å². The van der Waals surface area contributed by atoms with Gasteiger partial charge in [0.05, 0.1) is 0 Å². The Morgan fingerprint density at radius 3 is 2.54 bits per heavy atom. The van der Waals surface area contributed by atoms with Crippen LogP contribution in [0.15, 0.2) is 16.9 Å². The molecule has 4 nitrogen and oxygen atoms in total. The summed E-state index contributed by atoms with van der Waals surface area (Å²) in [5, 5.41) is 0. The van der Waals surface area contributed by atoms with Crippen LogP contribution in [0.3, 0.4) is 0 Å². The highest BCUT2D eigenvalue weighted by Gasteiger charge is 2.16. The maximum atomic E-state index is 12.2. The zero-order valence-electron chi connectivity index (χ0n) is 6.38. The number of H-pyrrole nitrogens is 1. The van der Waals surface area contributed by atoms with E-state index >= 15 is 0 Å². The molecule has 1 aromatic rings. The van der Waals surface area contributed by atoms with Crippen LogP contribution in [0.4, 0.5) is 8.78 Å². The van der Waals surface area contributed by atoms with Crippen LogP contribution in [-0.2, 0) is 0 Å². The van der Waals surface area contributed by atoms with E-state index in [0.717, 1.165) is 12.1 Å². The largest absolute Gasteiger partial charge is 0.364 e. The van der Waals surface area contributed by atoms with Crippen LogP contribution >= 0.6 is 0 Å². The van der Waals surface area contributed by atoms with Crippen LogP contribution in [0, 0.1) is 0 Å². The third kappa shape index (κ3) is 1.90. The van der Waals surface area contributed by atoms with Crippen LogP contribution in [-0.4, -0.2) is 10.9 Å². The summed E-state index contributed by atoms with van der Waals surface area (Å²) in [6, 6.07) is 1.79. The second kappa shape index (κ2) is 3.34. The second-order valence-electron chi connectivity index (χ2n) is 2.32. The molecular weight excluding hydrogens is 182 g/mol. The van der Waals surface area contributed by atoms with Gasteiger partial charge in [-0.2, -0.15) is 0 Å². The van der Waals surface area contributed by atoms with Crippen molar-refractivity contribution in [3.05, 3.63) is 33.7 Å². The van der Waals surface area contributed by atoms with Crippen LogP contribution in [0.5, 0.6) is 0 Å². The van der Waals surface area contributed by atoms with Gasteiger partial charge in [0.15, 0.2) is 0 Å². The normalized spacial score (nSPS) is 10.4. The molecule has 1 heterocycles. The number of nitrogens with two attached hydrogens (primary N) is 1. The van der Waals surface area contributed by atoms with Crippen LogP contribution in [0.25, 0.3) is 0 Å². The number of carbonyl (C=O) groups is 1. The van der Waals surface area contributed by atoms with E-state index in [-0.39, 0.29) is 0 Å². The molecule has 0 fully saturated rings. The Morgan fingerprint density at radius 2 is 2.08 bits per heavy atom. The third-order valence-electron chi connectivity index (χ3n) is 1.43. The van der Waals surface area contributed by atoms with Crippen LogP contribution in [0.1, 0.15) is 22.5 Å². The molecule has 0 unspecified atom stereocenters. The Bertz CT molecular complexity index is 386. The number of hydrogen-bond acceptors (Lipinski definition) is 2. The highest BCUT2D eigenvalue weighted by molar-refractivity contribution is 5.92. The molecule has 3 N–H and O–H groups in total. The van der Waals surface area contributed by atoms with Crippen molar-refractivity contribution in [1.82, 2.24) is 4.98 Å². The average Bonchev–Trinajstić information content (AvgIpc) is 2.03. The van der Waals surface area contributed by atoms with Gasteiger partial charge in [-0.15, -0.1) is 0 Å². The molecule has 0 aromatic carbocycles. The van der Waals surface area contributed by atoms with Gasteiger partial charge in [0.25, 0.3) is 12.3 Å². The zero-order valence-corrected chi connectivity index (χ0v) is 6.38. The van der Waals surface area contributed by atoms with E-state index < -0.39 is 29.1 Å². The van der Waals surface area contributed by atoms with E-state index in [1.807, 2.05) is 4.98 Å². The van der Waals surface area contributed by atoms with E-state index in [1.165, 1.54) is 0 Å². The summed E-state index contributed by atoms with van der Waals surface area (Å²) in [4.78, 5) is 23.2. The van der Waals surface area contributed by atoms with Crippen molar-refractivity contribution in [2.45, 2.75) is 6.43 Å². The predicted octanol–water partition coefficient (Wildman–Crippen LogP) is 0.411. The minimum Gasteiger partial charge on any atom is -0.364 e. The Kier molecular flexibility index (Phi) is 2.41. The number of amides is 1. The van der Waals surface area contributed by atoms with E-state index in [4.69, 9.17) is 5.73 Å². The summed E-state index contributed by atoms with van der Waals surface area (Å²) >= 11 is 0. The van der Waals surface area contributed by atoms with Crippen molar-refractivity contribution < 1.29 is 13.6 Å². The van der Waals surface area contributed by atoms with E-state index in [0.29, 0.717) is 0 Å². The maximum absolute atomic E-state index is 12.2. The highest BCUT2D eigenvalue weighted by Crippen LogP contribution is 2.19. The minimum absolute atomic E-state index is 0.539. The predicted molar refractivity (Wildman–Crippen MR) is 40.5 cm³/mol. The molecule has 1 aromatic heterocycles. The molecule has 1 amide bonds. The molecule has 70 valence electrons. The topological polar surface area (TPSA) is 76.0 Å². The molecule has 0 saturated heterocycles. The van der Waals surface area contributed by atoms with Gasteiger partial charge >= 0.3 is 0 Å². The van der Waals surface area contributed by atoms with Crippen molar-refractivity contribution in [2.75, 3.05) is 0 Å². The van der Waals surface area contributed by atoms with E-state index in [1.54, 1.807) is 0 Å². The van der Waals surface area contributed by atoms with Crippen LogP contribution < -0.4 is 11.3 Å². The molecule has 0 radical (unpaired) electrons. The smallest absolute Gasteiger partial charge is 0.266 e. The number of aromatic amines is 1. The van der Waals surface area contributed by atoms with Gasteiger partial charge < -0.3 is 10.7 Å². The van der Waals surface area contributed by atoms with Gasteiger partial charge in [0.1, 0.15) is 5.69 Å². The van der Waals surface area contributed by atoms with Gasteiger partial charge in [0.2, 0.25) is 5.56 Å². The van der Waals surface area contributed by atoms with Gasteiger partial charge in [-0.25, -0.2) is 8.78 Å².